The molecule has 0 atom stereocenters. The minimum atomic E-state index is -0.222. The molecule has 5 rings (SSSR count). The van der Waals surface area contributed by atoms with Crippen molar-refractivity contribution in [3.05, 3.63) is 53.9 Å². The van der Waals surface area contributed by atoms with Gasteiger partial charge in [0.1, 0.15) is 5.82 Å². The second-order valence-corrected chi connectivity index (χ2v) is 8.50. The van der Waals surface area contributed by atoms with Crippen molar-refractivity contribution < 1.29 is 9.59 Å². The maximum absolute atomic E-state index is 12.8. The molecule has 2 aromatic carbocycles. The third-order valence-electron chi connectivity index (χ3n) is 5.36. The van der Waals surface area contributed by atoms with Crippen LogP contribution in [-0.2, 0) is 17.8 Å². The van der Waals surface area contributed by atoms with Crippen LogP contribution in [0, 0.1) is 0 Å². The molecule has 0 spiro atoms. The van der Waals surface area contributed by atoms with Crippen molar-refractivity contribution >= 4 is 35.0 Å². The summed E-state index contributed by atoms with van der Waals surface area (Å²) in [6.07, 6.45) is 4.44. The van der Waals surface area contributed by atoms with Crippen LogP contribution in [0.25, 0.3) is 11.4 Å². The molecule has 152 valence electrons. The highest BCUT2D eigenvalue weighted by Crippen LogP contribution is 2.32. The van der Waals surface area contributed by atoms with Gasteiger partial charge < -0.3 is 15.2 Å². The number of hydrogen-bond acceptors (Lipinski definition) is 5. The van der Waals surface area contributed by atoms with Crippen molar-refractivity contribution in [2.75, 3.05) is 16.4 Å². The van der Waals surface area contributed by atoms with Gasteiger partial charge in [-0.25, -0.2) is 0 Å². The number of carbonyl (C=O) groups excluding carboxylic acids is 2. The molecular weight excluding hydrogens is 398 g/mol. The number of nitrogens with zero attached hydrogens (tertiary/aromatic N) is 3. The number of carbonyl (C=O) groups is 2. The Kier molecular flexibility index (Phi) is 5.00. The lowest BCUT2D eigenvalue weighted by molar-refractivity contribution is -0.113. The lowest BCUT2D eigenvalue weighted by Gasteiger charge is -2.17. The van der Waals surface area contributed by atoms with E-state index in [1.54, 1.807) is 12.1 Å². The zero-order valence-electron chi connectivity index (χ0n) is 16.4. The second-order valence-electron chi connectivity index (χ2n) is 7.48. The third kappa shape index (κ3) is 3.70. The maximum atomic E-state index is 12.8. The highest BCUT2D eigenvalue weighted by Gasteiger charge is 2.19. The van der Waals surface area contributed by atoms with Gasteiger partial charge in [0.25, 0.3) is 5.91 Å². The molecule has 0 saturated carbocycles. The predicted molar refractivity (Wildman–Crippen MR) is 117 cm³/mol. The van der Waals surface area contributed by atoms with Crippen molar-refractivity contribution in [1.82, 2.24) is 14.8 Å². The molecule has 7 nitrogen and oxygen atoms in total. The molecule has 0 fully saturated rings. The average Bonchev–Trinajstić information content (AvgIpc) is 3.01. The summed E-state index contributed by atoms with van der Waals surface area (Å²) in [5.41, 5.74) is 2.81. The Hall–Kier alpha value is -3.13. The molecule has 2 N–H and O–H groups in total. The standard InChI is InChI=1S/C22H21N5O2S/c28-20-13-30-18-9-8-15(12-17(18)24-20)22(29)23-16-6-4-5-14(11-16)21-26-25-19-7-2-1-3-10-27(19)21/h4-6,8-9,11-12H,1-3,7,10,13H2,(H,23,29)(H,24,28). The first kappa shape index (κ1) is 18.9. The maximum Gasteiger partial charge on any atom is 0.255 e. The number of aromatic nitrogens is 3. The summed E-state index contributed by atoms with van der Waals surface area (Å²) in [5.74, 6) is 2.00. The van der Waals surface area contributed by atoms with E-state index in [-0.39, 0.29) is 11.8 Å². The fourth-order valence-electron chi connectivity index (χ4n) is 3.86. The van der Waals surface area contributed by atoms with Crippen molar-refractivity contribution in [2.45, 2.75) is 37.1 Å². The summed E-state index contributed by atoms with van der Waals surface area (Å²) in [5, 5.41) is 14.5. The van der Waals surface area contributed by atoms with E-state index in [0.717, 1.165) is 47.9 Å². The Morgan fingerprint density at radius 2 is 2.03 bits per heavy atom. The molecule has 2 amide bonds. The van der Waals surface area contributed by atoms with Crippen LogP contribution >= 0.6 is 11.8 Å². The molecule has 2 aliphatic rings. The van der Waals surface area contributed by atoms with Gasteiger partial charge in [0.15, 0.2) is 5.82 Å². The average molecular weight is 420 g/mol. The second kappa shape index (κ2) is 7.95. The van der Waals surface area contributed by atoms with Crippen LogP contribution in [0.3, 0.4) is 0 Å². The van der Waals surface area contributed by atoms with Crippen LogP contribution in [0.2, 0.25) is 0 Å². The van der Waals surface area contributed by atoms with E-state index in [1.165, 1.54) is 18.2 Å². The first-order chi connectivity index (χ1) is 14.7. The van der Waals surface area contributed by atoms with E-state index in [9.17, 15) is 9.59 Å². The van der Waals surface area contributed by atoms with Gasteiger partial charge in [0, 0.05) is 34.7 Å². The molecule has 3 aromatic rings. The quantitative estimate of drug-likeness (QED) is 0.671. The molecule has 2 aliphatic heterocycles. The van der Waals surface area contributed by atoms with E-state index < -0.39 is 0 Å². The van der Waals surface area contributed by atoms with Crippen LogP contribution in [0.5, 0.6) is 0 Å². The smallest absolute Gasteiger partial charge is 0.255 e. The number of anilines is 2. The summed E-state index contributed by atoms with van der Waals surface area (Å²) in [6.45, 7) is 0.924. The number of hydrogen-bond donors (Lipinski definition) is 2. The summed E-state index contributed by atoms with van der Waals surface area (Å²) in [6, 6.07) is 13.1. The Labute approximate surface area is 178 Å². The van der Waals surface area contributed by atoms with Crippen molar-refractivity contribution in [3.63, 3.8) is 0 Å². The number of fused-ring (bicyclic) bond motifs is 2. The Balaban J connectivity index is 1.38. The number of amides is 2. The van der Waals surface area contributed by atoms with Gasteiger partial charge in [-0.2, -0.15) is 0 Å². The Morgan fingerprint density at radius 3 is 2.97 bits per heavy atom. The summed E-state index contributed by atoms with van der Waals surface area (Å²) in [7, 11) is 0. The van der Waals surface area contributed by atoms with Crippen molar-refractivity contribution in [1.29, 1.82) is 0 Å². The minimum absolute atomic E-state index is 0.0507. The van der Waals surface area contributed by atoms with Gasteiger partial charge in [-0.15, -0.1) is 22.0 Å². The summed E-state index contributed by atoms with van der Waals surface area (Å²) in [4.78, 5) is 25.4. The highest BCUT2D eigenvalue weighted by molar-refractivity contribution is 8.00. The van der Waals surface area contributed by atoms with E-state index in [2.05, 4.69) is 25.4 Å². The van der Waals surface area contributed by atoms with Crippen LogP contribution in [0.15, 0.2) is 47.4 Å². The number of aryl methyl sites for hydroxylation is 1. The Bertz CT molecular complexity index is 1140. The molecule has 8 heteroatoms. The van der Waals surface area contributed by atoms with Gasteiger partial charge in [0.05, 0.1) is 11.4 Å². The van der Waals surface area contributed by atoms with E-state index in [0.29, 0.717) is 22.7 Å². The zero-order chi connectivity index (χ0) is 20.5. The normalized spacial score (nSPS) is 15.5. The predicted octanol–water partition coefficient (Wildman–Crippen LogP) is 3.97. The lowest BCUT2D eigenvalue weighted by atomic mass is 10.1. The van der Waals surface area contributed by atoms with Crippen molar-refractivity contribution in [2.24, 2.45) is 0 Å². The fraction of sp³-hybridized carbons (Fsp3) is 0.273. The van der Waals surface area contributed by atoms with Crippen LogP contribution in [-0.4, -0.2) is 32.3 Å². The van der Waals surface area contributed by atoms with E-state index in [1.807, 2.05) is 30.3 Å². The van der Waals surface area contributed by atoms with Gasteiger partial charge in [0.2, 0.25) is 5.91 Å². The summed E-state index contributed by atoms with van der Waals surface area (Å²) >= 11 is 1.48. The van der Waals surface area contributed by atoms with Crippen LogP contribution in [0.1, 0.15) is 35.4 Å². The molecule has 0 unspecified atom stereocenters. The largest absolute Gasteiger partial charge is 0.324 e. The van der Waals surface area contributed by atoms with Crippen LogP contribution in [0.4, 0.5) is 11.4 Å². The van der Waals surface area contributed by atoms with E-state index >= 15 is 0 Å². The SMILES string of the molecule is O=C1CSc2ccc(C(=O)Nc3cccc(-c4nnc5n4CCCCC5)c3)cc2N1. The number of nitrogens with one attached hydrogen (secondary N) is 2. The molecule has 0 saturated heterocycles. The van der Waals surface area contributed by atoms with E-state index in [4.69, 9.17) is 0 Å². The van der Waals surface area contributed by atoms with Gasteiger partial charge in [-0.05, 0) is 43.2 Å². The fourth-order valence-corrected chi connectivity index (χ4v) is 4.65. The molecular formula is C22H21N5O2S. The van der Waals surface area contributed by atoms with Gasteiger partial charge >= 0.3 is 0 Å². The van der Waals surface area contributed by atoms with Gasteiger partial charge in [-0.1, -0.05) is 18.6 Å². The topological polar surface area (TPSA) is 88.9 Å². The molecule has 30 heavy (non-hydrogen) atoms. The summed E-state index contributed by atoms with van der Waals surface area (Å²) < 4.78 is 2.19. The number of rotatable bonds is 3. The molecule has 0 radical (unpaired) electrons. The van der Waals surface area contributed by atoms with Crippen LogP contribution < -0.4 is 10.6 Å². The first-order valence-electron chi connectivity index (χ1n) is 10.1. The van der Waals surface area contributed by atoms with Gasteiger partial charge in [-0.3, -0.25) is 9.59 Å². The minimum Gasteiger partial charge on any atom is -0.324 e. The number of thioether (sulfide) groups is 1. The van der Waals surface area contributed by atoms with Crippen molar-refractivity contribution in [3.8, 4) is 11.4 Å². The highest BCUT2D eigenvalue weighted by atomic mass is 32.2. The third-order valence-corrected chi connectivity index (χ3v) is 6.44. The number of benzene rings is 2. The molecule has 3 heterocycles. The first-order valence-corrected chi connectivity index (χ1v) is 11.1. The monoisotopic (exact) mass is 419 g/mol. The molecule has 0 bridgehead atoms. The zero-order valence-corrected chi connectivity index (χ0v) is 17.2. The molecule has 0 aliphatic carbocycles. The Morgan fingerprint density at radius 1 is 1.10 bits per heavy atom. The molecule has 1 aromatic heterocycles. The lowest BCUT2D eigenvalue weighted by Crippen LogP contribution is -2.19.